The third kappa shape index (κ3) is 6.49. The molecule has 1 aromatic rings. The third-order valence-corrected chi connectivity index (χ3v) is 3.13. The molecule has 0 radical (unpaired) electrons. The van der Waals surface area contributed by atoms with E-state index in [2.05, 4.69) is 0 Å². The van der Waals surface area contributed by atoms with Crippen molar-refractivity contribution in [3.05, 3.63) is 29.3 Å². The molecule has 1 amide bonds. The van der Waals surface area contributed by atoms with Gasteiger partial charge in [0.25, 0.3) is 0 Å². The monoisotopic (exact) mass is 313 g/mol. The number of rotatable bonds is 8. The van der Waals surface area contributed by atoms with Crippen LogP contribution in [0.5, 0.6) is 5.75 Å². The van der Waals surface area contributed by atoms with Crippen molar-refractivity contribution in [1.82, 2.24) is 4.90 Å². The lowest BCUT2D eigenvalue weighted by atomic mass is 10.2. The minimum absolute atomic E-state index is 0.0389. The first kappa shape index (κ1) is 17.3. The molecular formula is C15H20ClNO4. The van der Waals surface area contributed by atoms with Gasteiger partial charge in [0.1, 0.15) is 5.75 Å². The molecule has 0 heterocycles. The molecule has 1 aromatic carbocycles. The van der Waals surface area contributed by atoms with E-state index in [-0.39, 0.29) is 37.9 Å². The fourth-order valence-electron chi connectivity index (χ4n) is 1.84. The van der Waals surface area contributed by atoms with Crippen molar-refractivity contribution >= 4 is 23.5 Å². The number of nitrogens with zero attached hydrogens (tertiary/aromatic N) is 1. The first-order valence-corrected chi connectivity index (χ1v) is 7.17. The standard InChI is InChI=1S/C15H20ClNO4/c1-11(2)17(8-6-15(19)20)14(18)7-9-21-13-5-3-4-12(16)10-13/h3-5,10-11H,6-9H2,1-2H3,(H,19,20). The van der Waals surface area contributed by atoms with Crippen molar-refractivity contribution in [3.8, 4) is 5.75 Å². The molecule has 1 rings (SSSR count). The first-order valence-electron chi connectivity index (χ1n) is 6.79. The van der Waals surface area contributed by atoms with Crippen molar-refractivity contribution in [2.45, 2.75) is 32.7 Å². The minimum Gasteiger partial charge on any atom is -0.493 e. The molecule has 0 saturated carbocycles. The molecule has 0 aliphatic carbocycles. The van der Waals surface area contributed by atoms with Crippen molar-refractivity contribution in [2.24, 2.45) is 0 Å². The number of carbonyl (C=O) groups is 2. The van der Waals surface area contributed by atoms with Gasteiger partial charge in [-0.3, -0.25) is 9.59 Å². The quantitative estimate of drug-likeness (QED) is 0.801. The summed E-state index contributed by atoms with van der Waals surface area (Å²) in [7, 11) is 0. The number of halogens is 1. The van der Waals surface area contributed by atoms with Crippen LogP contribution in [0.25, 0.3) is 0 Å². The summed E-state index contributed by atoms with van der Waals surface area (Å²) < 4.78 is 5.46. The number of hydrogen-bond donors (Lipinski definition) is 1. The Hall–Kier alpha value is -1.75. The predicted octanol–water partition coefficient (Wildman–Crippen LogP) is 2.82. The summed E-state index contributed by atoms with van der Waals surface area (Å²) in [6.07, 6.45) is 0.142. The second-order valence-electron chi connectivity index (χ2n) is 4.88. The summed E-state index contributed by atoms with van der Waals surface area (Å²) in [4.78, 5) is 24.2. The van der Waals surface area contributed by atoms with Crippen molar-refractivity contribution in [2.75, 3.05) is 13.2 Å². The molecule has 116 valence electrons. The highest BCUT2D eigenvalue weighted by molar-refractivity contribution is 6.30. The van der Waals surface area contributed by atoms with Crippen LogP contribution in [0.1, 0.15) is 26.7 Å². The fraction of sp³-hybridized carbons (Fsp3) is 0.467. The summed E-state index contributed by atoms with van der Waals surface area (Å²) in [6, 6.07) is 6.92. The Morgan fingerprint density at radius 2 is 2.05 bits per heavy atom. The van der Waals surface area contributed by atoms with Crippen molar-refractivity contribution < 1.29 is 19.4 Å². The summed E-state index contributed by atoms with van der Waals surface area (Å²) in [6.45, 7) is 4.16. The van der Waals surface area contributed by atoms with Gasteiger partial charge in [0.05, 0.1) is 19.4 Å². The van der Waals surface area contributed by atoms with Gasteiger partial charge in [0, 0.05) is 17.6 Å². The van der Waals surface area contributed by atoms with Crippen molar-refractivity contribution in [3.63, 3.8) is 0 Å². The molecule has 0 saturated heterocycles. The number of benzene rings is 1. The highest BCUT2D eigenvalue weighted by atomic mass is 35.5. The average Bonchev–Trinajstić information content (AvgIpc) is 2.38. The van der Waals surface area contributed by atoms with Crippen LogP contribution in [-0.2, 0) is 9.59 Å². The Labute approximate surface area is 129 Å². The molecule has 0 aromatic heterocycles. The number of carbonyl (C=O) groups excluding carboxylic acids is 1. The van der Waals surface area contributed by atoms with E-state index < -0.39 is 5.97 Å². The van der Waals surface area contributed by atoms with E-state index in [1.165, 1.54) is 0 Å². The lowest BCUT2D eigenvalue weighted by Crippen LogP contribution is -2.39. The molecule has 0 fully saturated rings. The number of carboxylic acid groups (broad SMARTS) is 1. The molecular weight excluding hydrogens is 294 g/mol. The maximum Gasteiger partial charge on any atom is 0.305 e. The Balaban J connectivity index is 2.44. The lowest BCUT2D eigenvalue weighted by molar-refractivity contribution is -0.139. The van der Waals surface area contributed by atoms with Gasteiger partial charge in [-0.25, -0.2) is 0 Å². The largest absolute Gasteiger partial charge is 0.493 e. The van der Waals surface area contributed by atoms with E-state index in [0.717, 1.165) is 0 Å². The Morgan fingerprint density at radius 3 is 2.62 bits per heavy atom. The summed E-state index contributed by atoms with van der Waals surface area (Å²) >= 11 is 5.84. The molecule has 0 atom stereocenters. The number of carboxylic acids is 1. The number of hydrogen-bond acceptors (Lipinski definition) is 3. The third-order valence-electron chi connectivity index (χ3n) is 2.89. The van der Waals surface area contributed by atoms with Crippen LogP contribution in [0.4, 0.5) is 0 Å². The smallest absolute Gasteiger partial charge is 0.305 e. The zero-order valence-corrected chi connectivity index (χ0v) is 13.0. The van der Waals surface area contributed by atoms with E-state index in [4.69, 9.17) is 21.4 Å². The maximum atomic E-state index is 12.1. The Morgan fingerprint density at radius 1 is 1.33 bits per heavy atom. The molecule has 0 bridgehead atoms. The summed E-state index contributed by atoms with van der Waals surface area (Å²) in [5, 5.41) is 9.27. The molecule has 21 heavy (non-hydrogen) atoms. The number of aliphatic carboxylic acids is 1. The molecule has 1 N–H and O–H groups in total. The average molecular weight is 314 g/mol. The minimum atomic E-state index is -0.913. The molecule has 0 spiro atoms. The van der Waals surface area contributed by atoms with Crippen LogP contribution in [0.3, 0.4) is 0 Å². The second-order valence-corrected chi connectivity index (χ2v) is 5.32. The molecule has 6 heteroatoms. The SMILES string of the molecule is CC(C)N(CCC(=O)O)C(=O)CCOc1cccc(Cl)c1. The number of amides is 1. The maximum absolute atomic E-state index is 12.1. The lowest BCUT2D eigenvalue weighted by Gasteiger charge is -2.26. The fourth-order valence-corrected chi connectivity index (χ4v) is 2.02. The van der Waals surface area contributed by atoms with E-state index in [1.54, 1.807) is 29.2 Å². The molecule has 0 unspecified atom stereocenters. The van der Waals surface area contributed by atoms with Crippen molar-refractivity contribution in [1.29, 1.82) is 0 Å². The molecule has 0 aliphatic rings. The van der Waals surface area contributed by atoms with Gasteiger partial charge in [0.2, 0.25) is 5.91 Å². The molecule has 5 nitrogen and oxygen atoms in total. The van der Waals surface area contributed by atoms with Gasteiger partial charge in [-0.05, 0) is 32.0 Å². The first-order chi connectivity index (χ1) is 9.90. The normalized spacial score (nSPS) is 10.5. The van der Waals surface area contributed by atoms with Gasteiger partial charge in [-0.1, -0.05) is 17.7 Å². The van der Waals surface area contributed by atoms with E-state index in [9.17, 15) is 9.59 Å². The highest BCUT2D eigenvalue weighted by Gasteiger charge is 2.17. The zero-order chi connectivity index (χ0) is 15.8. The Bertz CT molecular complexity index is 490. The summed E-state index contributed by atoms with van der Waals surface area (Å²) in [5.74, 6) is -0.422. The van der Waals surface area contributed by atoms with E-state index in [0.29, 0.717) is 10.8 Å². The Kier molecular flexibility index (Phi) is 7.02. The van der Waals surface area contributed by atoms with Gasteiger partial charge in [0.15, 0.2) is 0 Å². The zero-order valence-electron chi connectivity index (χ0n) is 12.2. The van der Waals surface area contributed by atoms with Gasteiger partial charge in [-0.15, -0.1) is 0 Å². The second kappa shape index (κ2) is 8.52. The highest BCUT2D eigenvalue weighted by Crippen LogP contribution is 2.17. The van der Waals surface area contributed by atoms with Crippen LogP contribution in [-0.4, -0.2) is 41.1 Å². The van der Waals surface area contributed by atoms with E-state index in [1.807, 2.05) is 13.8 Å². The van der Waals surface area contributed by atoms with E-state index >= 15 is 0 Å². The van der Waals surface area contributed by atoms with Crippen LogP contribution < -0.4 is 4.74 Å². The predicted molar refractivity (Wildman–Crippen MR) is 80.7 cm³/mol. The van der Waals surface area contributed by atoms with Crippen LogP contribution in [0.15, 0.2) is 24.3 Å². The number of ether oxygens (including phenoxy) is 1. The summed E-state index contributed by atoms with van der Waals surface area (Å²) in [5.41, 5.74) is 0. The molecule has 0 aliphatic heterocycles. The topological polar surface area (TPSA) is 66.8 Å². The van der Waals surface area contributed by atoms with Gasteiger partial charge < -0.3 is 14.7 Å². The van der Waals surface area contributed by atoms with Gasteiger partial charge >= 0.3 is 5.97 Å². The van der Waals surface area contributed by atoms with Crippen LogP contribution >= 0.6 is 11.6 Å². The van der Waals surface area contributed by atoms with Gasteiger partial charge in [-0.2, -0.15) is 0 Å². The van der Waals surface area contributed by atoms with Crippen LogP contribution in [0, 0.1) is 0 Å². The van der Waals surface area contributed by atoms with Crippen LogP contribution in [0.2, 0.25) is 5.02 Å².